The van der Waals surface area contributed by atoms with Gasteiger partial charge in [0.2, 0.25) is 5.91 Å². The molecule has 0 spiro atoms. The highest BCUT2D eigenvalue weighted by atomic mass is 32.1. The van der Waals surface area contributed by atoms with Crippen LogP contribution < -0.4 is 5.32 Å². The molecule has 4 nitrogen and oxygen atoms in total. The van der Waals surface area contributed by atoms with Crippen LogP contribution in [0, 0.1) is 12.3 Å². The fourth-order valence-corrected chi connectivity index (χ4v) is 2.45. The lowest BCUT2D eigenvalue weighted by atomic mass is 9.96. The number of hydrogen-bond acceptors (Lipinski definition) is 4. The summed E-state index contributed by atoms with van der Waals surface area (Å²) in [5.41, 5.74) is 1.50. The van der Waals surface area contributed by atoms with Gasteiger partial charge in [0.15, 0.2) is 5.13 Å². The molecule has 2 heterocycles. The minimum absolute atomic E-state index is 0.0287. The van der Waals surface area contributed by atoms with Crippen LogP contribution in [0.15, 0.2) is 24.5 Å². The maximum absolute atomic E-state index is 11.9. The van der Waals surface area contributed by atoms with Gasteiger partial charge in [-0.25, -0.2) is 4.98 Å². The van der Waals surface area contributed by atoms with Gasteiger partial charge in [0, 0.05) is 23.4 Å². The minimum atomic E-state index is -0.423. The van der Waals surface area contributed by atoms with Crippen LogP contribution >= 0.6 is 11.3 Å². The molecule has 2 rings (SSSR count). The predicted molar refractivity (Wildman–Crippen MR) is 78.2 cm³/mol. The Hall–Kier alpha value is -1.75. The van der Waals surface area contributed by atoms with Gasteiger partial charge in [0.1, 0.15) is 0 Å². The Morgan fingerprint density at radius 3 is 2.68 bits per heavy atom. The molecule has 0 aliphatic rings. The standard InChI is InChI=1S/C14H17N3OS/c1-9-11(10-6-5-7-15-8-10)19-13(16-9)17-12(18)14(2,3)4/h5-8H,1-4H3,(H,16,17,18). The molecule has 0 radical (unpaired) electrons. The van der Waals surface area contributed by atoms with E-state index in [2.05, 4.69) is 15.3 Å². The summed E-state index contributed by atoms with van der Waals surface area (Å²) >= 11 is 1.47. The lowest BCUT2D eigenvalue weighted by Crippen LogP contribution is -2.27. The Bertz CT molecular complexity index is 584. The molecule has 0 saturated carbocycles. The van der Waals surface area contributed by atoms with Crippen LogP contribution in [-0.4, -0.2) is 15.9 Å². The molecule has 1 N–H and O–H groups in total. The van der Waals surface area contributed by atoms with Gasteiger partial charge in [-0.15, -0.1) is 0 Å². The maximum Gasteiger partial charge on any atom is 0.231 e. The molecule has 5 heteroatoms. The molecule has 0 bridgehead atoms. The van der Waals surface area contributed by atoms with Crippen molar-refractivity contribution in [2.24, 2.45) is 5.41 Å². The number of rotatable bonds is 2. The summed E-state index contributed by atoms with van der Waals surface area (Å²) < 4.78 is 0. The number of amides is 1. The first-order valence-electron chi connectivity index (χ1n) is 6.07. The van der Waals surface area contributed by atoms with Crippen LogP contribution in [0.1, 0.15) is 26.5 Å². The second kappa shape index (κ2) is 5.09. The second-order valence-corrected chi connectivity index (χ2v) is 6.38. The van der Waals surface area contributed by atoms with Crippen molar-refractivity contribution in [3.8, 4) is 10.4 Å². The van der Waals surface area contributed by atoms with Gasteiger partial charge in [-0.3, -0.25) is 9.78 Å². The number of nitrogens with zero attached hydrogens (tertiary/aromatic N) is 2. The average molecular weight is 275 g/mol. The number of anilines is 1. The zero-order valence-electron chi connectivity index (χ0n) is 11.5. The van der Waals surface area contributed by atoms with Gasteiger partial charge in [-0.1, -0.05) is 38.2 Å². The fraction of sp³-hybridized carbons (Fsp3) is 0.357. The number of pyridine rings is 1. The highest BCUT2D eigenvalue weighted by Crippen LogP contribution is 2.32. The van der Waals surface area contributed by atoms with Crippen molar-refractivity contribution in [1.29, 1.82) is 0 Å². The molecule has 0 aliphatic heterocycles. The number of carbonyl (C=O) groups is 1. The van der Waals surface area contributed by atoms with Crippen LogP contribution in [0.4, 0.5) is 5.13 Å². The van der Waals surface area contributed by atoms with Crippen molar-refractivity contribution in [2.75, 3.05) is 5.32 Å². The third kappa shape index (κ3) is 3.17. The first-order valence-corrected chi connectivity index (χ1v) is 6.89. The van der Waals surface area contributed by atoms with Gasteiger partial charge in [-0.05, 0) is 13.0 Å². The molecular weight excluding hydrogens is 258 g/mol. The summed E-state index contributed by atoms with van der Waals surface area (Å²) in [5.74, 6) is -0.0287. The van der Waals surface area contributed by atoms with Crippen LogP contribution in [0.25, 0.3) is 10.4 Å². The van der Waals surface area contributed by atoms with Gasteiger partial charge in [0.25, 0.3) is 0 Å². The third-order valence-corrected chi connectivity index (χ3v) is 3.74. The summed E-state index contributed by atoms with van der Waals surface area (Å²) in [6.45, 7) is 7.58. The van der Waals surface area contributed by atoms with Crippen LogP contribution in [0.2, 0.25) is 0 Å². The van der Waals surface area contributed by atoms with E-state index in [1.54, 1.807) is 12.4 Å². The molecule has 0 aromatic carbocycles. The molecule has 2 aromatic rings. The van der Waals surface area contributed by atoms with E-state index in [-0.39, 0.29) is 5.91 Å². The molecule has 2 aromatic heterocycles. The SMILES string of the molecule is Cc1nc(NC(=O)C(C)(C)C)sc1-c1cccnc1. The number of hydrogen-bond donors (Lipinski definition) is 1. The smallest absolute Gasteiger partial charge is 0.231 e. The van der Waals surface area contributed by atoms with Crippen molar-refractivity contribution < 1.29 is 4.79 Å². The van der Waals surface area contributed by atoms with E-state index in [1.165, 1.54) is 11.3 Å². The van der Waals surface area contributed by atoms with Crippen molar-refractivity contribution in [1.82, 2.24) is 9.97 Å². The number of aromatic nitrogens is 2. The van der Waals surface area contributed by atoms with Crippen molar-refractivity contribution in [3.05, 3.63) is 30.2 Å². The van der Waals surface area contributed by atoms with Crippen molar-refractivity contribution in [3.63, 3.8) is 0 Å². The lowest BCUT2D eigenvalue weighted by molar-refractivity contribution is -0.123. The topological polar surface area (TPSA) is 54.9 Å². The van der Waals surface area contributed by atoms with E-state index in [0.717, 1.165) is 16.1 Å². The quantitative estimate of drug-likeness (QED) is 0.912. The van der Waals surface area contributed by atoms with Crippen LogP contribution in [0.5, 0.6) is 0 Å². The van der Waals surface area contributed by atoms with Gasteiger partial charge < -0.3 is 5.32 Å². The fourth-order valence-electron chi connectivity index (χ4n) is 1.50. The van der Waals surface area contributed by atoms with Gasteiger partial charge in [-0.2, -0.15) is 0 Å². The molecule has 1 amide bonds. The number of nitrogens with one attached hydrogen (secondary N) is 1. The summed E-state index contributed by atoms with van der Waals surface area (Å²) in [4.78, 5) is 21.5. The Kier molecular flexibility index (Phi) is 3.66. The highest BCUT2D eigenvalue weighted by Gasteiger charge is 2.22. The molecule has 0 unspecified atom stereocenters. The first kappa shape index (κ1) is 13.7. The van der Waals surface area contributed by atoms with Gasteiger partial charge >= 0.3 is 0 Å². The predicted octanol–water partition coefficient (Wildman–Crippen LogP) is 3.50. The molecule has 0 aliphatic carbocycles. The van der Waals surface area contributed by atoms with E-state index in [4.69, 9.17) is 0 Å². The van der Waals surface area contributed by atoms with E-state index in [0.29, 0.717) is 5.13 Å². The first-order chi connectivity index (χ1) is 8.88. The van der Waals surface area contributed by atoms with E-state index in [1.807, 2.05) is 39.8 Å². The van der Waals surface area contributed by atoms with Crippen molar-refractivity contribution >= 4 is 22.4 Å². The summed E-state index contributed by atoms with van der Waals surface area (Å²) in [5, 5.41) is 3.50. The van der Waals surface area contributed by atoms with E-state index < -0.39 is 5.41 Å². The Morgan fingerprint density at radius 2 is 2.11 bits per heavy atom. The second-order valence-electron chi connectivity index (χ2n) is 5.38. The van der Waals surface area contributed by atoms with Crippen LogP contribution in [0.3, 0.4) is 0 Å². The minimum Gasteiger partial charge on any atom is -0.301 e. The number of aryl methyl sites for hydroxylation is 1. The lowest BCUT2D eigenvalue weighted by Gasteiger charge is -2.15. The summed E-state index contributed by atoms with van der Waals surface area (Å²) in [7, 11) is 0. The Balaban J connectivity index is 2.25. The maximum atomic E-state index is 11.9. The Morgan fingerprint density at radius 1 is 1.37 bits per heavy atom. The zero-order chi connectivity index (χ0) is 14.0. The monoisotopic (exact) mass is 275 g/mol. The van der Waals surface area contributed by atoms with Crippen LogP contribution in [-0.2, 0) is 4.79 Å². The van der Waals surface area contributed by atoms with E-state index >= 15 is 0 Å². The third-order valence-electron chi connectivity index (χ3n) is 2.62. The molecular formula is C14H17N3OS. The molecule has 0 atom stereocenters. The molecule has 100 valence electrons. The number of carbonyl (C=O) groups excluding carboxylic acids is 1. The average Bonchev–Trinajstić information content (AvgIpc) is 2.70. The number of thiazole rings is 1. The summed E-state index contributed by atoms with van der Waals surface area (Å²) in [6.07, 6.45) is 3.54. The van der Waals surface area contributed by atoms with Gasteiger partial charge in [0.05, 0.1) is 10.6 Å². The highest BCUT2D eigenvalue weighted by molar-refractivity contribution is 7.19. The largest absolute Gasteiger partial charge is 0.301 e. The zero-order valence-corrected chi connectivity index (χ0v) is 12.3. The van der Waals surface area contributed by atoms with Crippen molar-refractivity contribution in [2.45, 2.75) is 27.7 Å². The summed E-state index contributed by atoms with van der Waals surface area (Å²) in [6, 6.07) is 3.88. The Labute approximate surface area is 116 Å². The molecule has 0 saturated heterocycles. The van der Waals surface area contributed by atoms with E-state index in [9.17, 15) is 4.79 Å². The molecule has 19 heavy (non-hydrogen) atoms. The normalized spacial score (nSPS) is 11.4. The molecule has 0 fully saturated rings.